The van der Waals surface area contributed by atoms with Gasteiger partial charge in [-0.1, -0.05) is 40.2 Å². The van der Waals surface area contributed by atoms with Crippen LogP contribution in [0, 0.1) is 19.8 Å². The number of anilines is 1. The SMILES string of the molecule is Cc1ccc(C)c(NC(=O)C2CCCN(Cc3ccc(Br)cc3)C2)c1. The number of amides is 1. The number of rotatable bonds is 4. The van der Waals surface area contributed by atoms with E-state index in [1.54, 1.807) is 0 Å². The zero-order valence-corrected chi connectivity index (χ0v) is 16.5. The molecule has 0 bridgehead atoms. The van der Waals surface area contributed by atoms with Gasteiger partial charge < -0.3 is 5.32 Å². The third-order valence-corrected chi connectivity index (χ3v) is 5.38. The molecule has 1 unspecified atom stereocenters. The molecule has 2 aromatic rings. The van der Waals surface area contributed by atoms with Crippen LogP contribution in [0.1, 0.15) is 29.5 Å². The number of likely N-dealkylation sites (tertiary alicyclic amines) is 1. The van der Waals surface area contributed by atoms with Crippen molar-refractivity contribution >= 4 is 27.5 Å². The molecule has 3 nitrogen and oxygen atoms in total. The molecule has 0 radical (unpaired) electrons. The molecule has 25 heavy (non-hydrogen) atoms. The second kappa shape index (κ2) is 8.15. The van der Waals surface area contributed by atoms with Crippen LogP contribution in [-0.4, -0.2) is 23.9 Å². The van der Waals surface area contributed by atoms with Gasteiger partial charge in [0.05, 0.1) is 5.92 Å². The van der Waals surface area contributed by atoms with Gasteiger partial charge in [0.15, 0.2) is 0 Å². The lowest BCUT2D eigenvalue weighted by Gasteiger charge is -2.32. The van der Waals surface area contributed by atoms with E-state index in [1.165, 1.54) is 11.1 Å². The molecule has 1 aliphatic heterocycles. The van der Waals surface area contributed by atoms with Crippen molar-refractivity contribution in [1.82, 2.24) is 4.90 Å². The summed E-state index contributed by atoms with van der Waals surface area (Å²) >= 11 is 3.48. The van der Waals surface area contributed by atoms with E-state index in [9.17, 15) is 4.79 Å². The van der Waals surface area contributed by atoms with Crippen molar-refractivity contribution in [2.45, 2.75) is 33.2 Å². The Labute approximate surface area is 158 Å². The Kier molecular flexibility index (Phi) is 5.92. The van der Waals surface area contributed by atoms with Crippen molar-refractivity contribution < 1.29 is 4.79 Å². The number of benzene rings is 2. The maximum atomic E-state index is 12.7. The number of aryl methyl sites for hydroxylation is 2. The molecule has 0 saturated carbocycles. The molecule has 0 aromatic heterocycles. The first-order chi connectivity index (χ1) is 12.0. The molecule has 0 aliphatic carbocycles. The van der Waals surface area contributed by atoms with Gasteiger partial charge in [-0.05, 0) is 68.1 Å². The van der Waals surface area contributed by atoms with Gasteiger partial charge in [-0.3, -0.25) is 9.69 Å². The molecule has 3 rings (SSSR count). The van der Waals surface area contributed by atoms with Gasteiger partial charge in [0.2, 0.25) is 5.91 Å². The summed E-state index contributed by atoms with van der Waals surface area (Å²) in [5, 5.41) is 3.14. The van der Waals surface area contributed by atoms with E-state index in [4.69, 9.17) is 0 Å². The quantitative estimate of drug-likeness (QED) is 0.789. The van der Waals surface area contributed by atoms with Crippen LogP contribution in [0.4, 0.5) is 5.69 Å². The number of piperidine rings is 1. The van der Waals surface area contributed by atoms with Gasteiger partial charge in [-0.15, -0.1) is 0 Å². The Morgan fingerprint density at radius 3 is 2.72 bits per heavy atom. The monoisotopic (exact) mass is 400 g/mol. The first-order valence-corrected chi connectivity index (χ1v) is 9.65. The lowest BCUT2D eigenvalue weighted by atomic mass is 9.96. The van der Waals surface area contributed by atoms with Crippen molar-refractivity contribution in [3.05, 3.63) is 63.6 Å². The first kappa shape index (κ1) is 18.2. The van der Waals surface area contributed by atoms with Crippen LogP contribution in [0.15, 0.2) is 46.9 Å². The molecular formula is C21H25BrN2O. The van der Waals surface area contributed by atoms with Gasteiger partial charge in [-0.2, -0.15) is 0 Å². The average molecular weight is 401 g/mol. The summed E-state index contributed by atoms with van der Waals surface area (Å²) < 4.78 is 1.10. The van der Waals surface area contributed by atoms with Gasteiger partial charge in [0, 0.05) is 23.2 Å². The van der Waals surface area contributed by atoms with E-state index in [0.717, 1.165) is 48.2 Å². The van der Waals surface area contributed by atoms with Crippen LogP contribution >= 0.6 is 15.9 Å². The molecule has 1 aliphatic rings. The number of carbonyl (C=O) groups is 1. The third-order valence-electron chi connectivity index (χ3n) is 4.85. The highest BCUT2D eigenvalue weighted by Crippen LogP contribution is 2.23. The fourth-order valence-electron chi connectivity index (χ4n) is 3.37. The van der Waals surface area contributed by atoms with Crippen molar-refractivity contribution in [1.29, 1.82) is 0 Å². The molecule has 1 fully saturated rings. The van der Waals surface area contributed by atoms with Gasteiger partial charge in [-0.25, -0.2) is 0 Å². The highest BCUT2D eigenvalue weighted by atomic mass is 79.9. The number of nitrogens with zero attached hydrogens (tertiary/aromatic N) is 1. The molecule has 1 saturated heterocycles. The minimum absolute atomic E-state index is 0.0594. The molecule has 2 aromatic carbocycles. The molecule has 1 atom stereocenters. The molecule has 0 spiro atoms. The van der Waals surface area contributed by atoms with Crippen molar-refractivity contribution in [3.8, 4) is 0 Å². The highest BCUT2D eigenvalue weighted by Gasteiger charge is 2.26. The number of carbonyl (C=O) groups excluding carboxylic acids is 1. The second-order valence-corrected chi connectivity index (χ2v) is 7.92. The summed E-state index contributed by atoms with van der Waals surface area (Å²) in [5.74, 6) is 0.207. The van der Waals surface area contributed by atoms with E-state index in [1.807, 2.05) is 6.92 Å². The Morgan fingerprint density at radius 1 is 1.20 bits per heavy atom. The lowest BCUT2D eigenvalue weighted by Crippen LogP contribution is -2.40. The van der Waals surface area contributed by atoms with Crippen molar-refractivity contribution in [3.63, 3.8) is 0 Å². The van der Waals surface area contributed by atoms with Gasteiger partial charge in [0.1, 0.15) is 0 Å². The zero-order valence-electron chi connectivity index (χ0n) is 14.9. The third kappa shape index (κ3) is 4.93. The van der Waals surface area contributed by atoms with Crippen LogP contribution in [0.3, 0.4) is 0 Å². The molecule has 1 heterocycles. The van der Waals surface area contributed by atoms with Crippen LogP contribution in [0.2, 0.25) is 0 Å². The minimum atomic E-state index is 0.0594. The Bertz CT molecular complexity index is 742. The number of nitrogens with one attached hydrogen (secondary N) is 1. The van der Waals surface area contributed by atoms with E-state index >= 15 is 0 Å². The fraction of sp³-hybridized carbons (Fsp3) is 0.381. The summed E-state index contributed by atoms with van der Waals surface area (Å²) in [6.07, 6.45) is 2.04. The molecule has 1 amide bonds. The Morgan fingerprint density at radius 2 is 1.96 bits per heavy atom. The number of hydrogen-bond acceptors (Lipinski definition) is 2. The predicted octanol–water partition coefficient (Wildman–Crippen LogP) is 4.92. The normalized spacial score (nSPS) is 18.1. The maximum absolute atomic E-state index is 12.7. The zero-order chi connectivity index (χ0) is 17.8. The minimum Gasteiger partial charge on any atom is -0.326 e. The smallest absolute Gasteiger partial charge is 0.228 e. The summed E-state index contributed by atoms with van der Waals surface area (Å²) in [6, 6.07) is 14.6. The molecule has 4 heteroatoms. The maximum Gasteiger partial charge on any atom is 0.228 e. The van der Waals surface area contributed by atoms with E-state index < -0.39 is 0 Å². The van der Waals surface area contributed by atoms with E-state index in [-0.39, 0.29) is 11.8 Å². The lowest BCUT2D eigenvalue weighted by molar-refractivity contribution is -0.121. The second-order valence-electron chi connectivity index (χ2n) is 7.01. The fourth-order valence-corrected chi connectivity index (χ4v) is 3.63. The standard InChI is InChI=1S/C21H25BrN2O/c1-15-5-6-16(2)20(12-15)23-21(25)18-4-3-11-24(14-18)13-17-7-9-19(22)10-8-17/h5-10,12,18H,3-4,11,13-14H2,1-2H3,(H,23,25). The summed E-state index contributed by atoms with van der Waals surface area (Å²) in [4.78, 5) is 15.1. The van der Waals surface area contributed by atoms with Crippen LogP contribution < -0.4 is 5.32 Å². The largest absolute Gasteiger partial charge is 0.326 e. The van der Waals surface area contributed by atoms with Crippen molar-refractivity contribution in [2.75, 3.05) is 18.4 Å². The van der Waals surface area contributed by atoms with E-state index in [0.29, 0.717) is 0 Å². The van der Waals surface area contributed by atoms with Gasteiger partial charge >= 0.3 is 0 Å². The molecular weight excluding hydrogens is 376 g/mol. The Balaban J connectivity index is 1.61. The predicted molar refractivity (Wildman–Crippen MR) is 107 cm³/mol. The summed E-state index contributed by atoms with van der Waals surface area (Å²) in [5.41, 5.74) is 4.51. The van der Waals surface area contributed by atoms with Crippen LogP contribution in [-0.2, 0) is 11.3 Å². The topological polar surface area (TPSA) is 32.3 Å². The summed E-state index contributed by atoms with van der Waals surface area (Å²) in [7, 11) is 0. The number of halogens is 1. The van der Waals surface area contributed by atoms with E-state index in [2.05, 4.69) is 75.5 Å². The van der Waals surface area contributed by atoms with Crippen LogP contribution in [0.25, 0.3) is 0 Å². The first-order valence-electron chi connectivity index (χ1n) is 8.86. The number of hydrogen-bond donors (Lipinski definition) is 1. The summed E-state index contributed by atoms with van der Waals surface area (Å²) in [6.45, 7) is 6.88. The average Bonchev–Trinajstić information content (AvgIpc) is 2.60. The molecule has 132 valence electrons. The highest BCUT2D eigenvalue weighted by molar-refractivity contribution is 9.10. The Hall–Kier alpha value is -1.65. The van der Waals surface area contributed by atoms with Crippen LogP contribution in [0.5, 0.6) is 0 Å². The molecule has 1 N–H and O–H groups in total. The van der Waals surface area contributed by atoms with Gasteiger partial charge in [0.25, 0.3) is 0 Å². The van der Waals surface area contributed by atoms with Crippen molar-refractivity contribution in [2.24, 2.45) is 5.92 Å².